The highest BCUT2D eigenvalue weighted by Crippen LogP contribution is 2.38. The van der Waals surface area contributed by atoms with Gasteiger partial charge in [-0.25, -0.2) is 12.8 Å². The summed E-state index contributed by atoms with van der Waals surface area (Å²) in [6.07, 6.45) is 0. The first-order valence-electron chi connectivity index (χ1n) is 8.23. The summed E-state index contributed by atoms with van der Waals surface area (Å²) >= 11 is 10.9. The van der Waals surface area contributed by atoms with Gasteiger partial charge in [-0.15, -0.1) is 0 Å². The Bertz CT molecular complexity index is 1030. The number of halogens is 3. The molecule has 27 heavy (non-hydrogen) atoms. The lowest BCUT2D eigenvalue weighted by Gasteiger charge is -2.27. The van der Waals surface area contributed by atoms with Crippen molar-refractivity contribution in [3.63, 3.8) is 0 Å². The molecule has 0 spiro atoms. The molecule has 0 unspecified atom stereocenters. The first-order valence-corrected chi connectivity index (χ1v) is 12.2. The molecule has 0 amide bonds. The second kappa shape index (κ2) is 7.39. The van der Waals surface area contributed by atoms with Crippen molar-refractivity contribution in [3.8, 4) is 0 Å². The first kappa shape index (κ1) is 19.2. The quantitative estimate of drug-likeness (QED) is 0.636. The maximum atomic E-state index is 14.6. The topological polar surface area (TPSA) is 49.7 Å². The summed E-state index contributed by atoms with van der Waals surface area (Å²) in [5.74, 6) is 0.134. The van der Waals surface area contributed by atoms with Gasteiger partial charge in [0, 0.05) is 15.2 Å². The predicted molar refractivity (Wildman–Crippen MR) is 113 cm³/mol. The van der Waals surface area contributed by atoms with Crippen LogP contribution in [-0.2, 0) is 15.6 Å². The molecule has 2 aromatic rings. The number of aliphatic imine (C=N–C) groups is 1. The zero-order valence-electron chi connectivity index (χ0n) is 14.0. The summed E-state index contributed by atoms with van der Waals surface area (Å²) in [7, 11) is -3.18. The first-order chi connectivity index (χ1) is 12.8. The van der Waals surface area contributed by atoms with Crippen molar-refractivity contribution >= 4 is 60.0 Å². The lowest BCUT2D eigenvalue weighted by Crippen LogP contribution is -2.39. The molecule has 2 heterocycles. The van der Waals surface area contributed by atoms with E-state index in [-0.39, 0.29) is 23.6 Å². The Kier molecular flexibility index (Phi) is 5.26. The maximum absolute atomic E-state index is 14.6. The van der Waals surface area contributed by atoms with Crippen LogP contribution in [-0.4, -0.2) is 37.2 Å². The third kappa shape index (κ3) is 3.90. The summed E-state index contributed by atoms with van der Waals surface area (Å²) in [6.45, 7) is 0. The van der Waals surface area contributed by atoms with Crippen molar-refractivity contribution < 1.29 is 12.8 Å². The largest absolute Gasteiger partial charge is 0.312 e. The molecule has 2 atom stereocenters. The molecule has 4 rings (SSSR count). The molecule has 1 saturated heterocycles. The number of sulfone groups is 1. The van der Waals surface area contributed by atoms with Crippen LogP contribution in [0.3, 0.4) is 0 Å². The summed E-state index contributed by atoms with van der Waals surface area (Å²) in [5.41, 5.74) is 1.29. The molecule has 1 fully saturated rings. The number of fused-ring (bicyclic) bond motifs is 1. The van der Waals surface area contributed by atoms with Crippen LogP contribution in [0.5, 0.6) is 0 Å². The van der Waals surface area contributed by atoms with Gasteiger partial charge < -0.3 is 4.90 Å². The van der Waals surface area contributed by atoms with E-state index in [0.717, 1.165) is 5.56 Å². The monoisotopic (exact) mass is 488 g/mol. The van der Waals surface area contributed by atoms with E-state index in [2.05, 4.69) is 20.9 Å². The highest BCUT2D eigenvalue weighted by molar-refractivity contribution is 9.10. The maximum Gasteiger partial charge on any atom is 0.164 e. The standard InChI is InChI=1S/C18H15BrClFN2O2S2/c19-12-5-6-16(14(21)7-12)23-17-10-27(24,25)9-15(17)22-18(23)26-8-11-3-1-2-4-13(11)20/h1-7,15,17H,8-10H2/t15-,17-/m1/s1. The van der Waals surface area contributed by atoms with Gasteiger partial charge in [0.2, 0.25) is 0 Å². The molecular formula is C18H15BrClFN2O2S2. The zero-order valence-corrected chi connectivity index (χ0v) is 18.0. The third-order valence-corrected chi connectivity index (χ3v) is 8.17. The van der Waals surface area contributed by atoms with Gasteiger partial charge in [0.15, 0.2) is 15.0 Å². The highest BCUT2D eigenvalue weighted by Gasteiger charge is 2.47. The van der Waals surface area contributed by atoms with Gasteiger partial charge in [-0.2, -0.15) is 0 Å². The van der Waals surface area contributed by atoms with Gasteiger partial charge in [-0.05, 0) is 29.8 Å². The summed E-state index contributed by atoms with van der Waals surface area (Å²) in [6, 6.07) is 11.5. The fourth-order valence-electron chi connectivity index (χ4n) is 3.35. The number of amidine groups is 1. The van der Waals surface area contributed by atoms with E-state index in [1.54, 1.807) is 17.0 Å². The third-order valence-electron chi connectivity index (χ3n) is 4.59. The van der Waals surface area contributed by atoms with Crippen LogP contribution in [0, 0.1) is 5.82 Å². The molecule has 0 radical (unpaired) electrons. The minimum Gasteiger partial charge on any atom is -0.312 e. The van der Waals surface area contributed by atoms with Gasteiger partial charge in [-0.3, -0.25) is 4.99 Å². The molecule has 2 aliphatic heterocycles. The minimum absolute atomic E-state index is 0.00245. The van der Waals surface area contributed by atoms with Crippen LogP contribution in [0.25, 0.3) is 0 Å². The van der Waals surface area contributed by atoms with E-state index in [4.69, 9.17) is 11.6 Å². The van der Waals surface area contributed by atoms with E-state index >= 15 is 0 Å². The molecular weight excluding hydrogens is 475 g/mol. The van der Waals surface area contributed by atoms with E-state index in [1.165, 1.54) is 17.8 Å². The van der Waals surface area contributed by atoms with E-state index in [9.17, 15) is 12.8 Å². The van der Waals surface area contributed by atoms with Crippen molar-refractivity contribution in [2.75, 3.05) is 16.4 Å². The lowest BCUT2D eigenvalue weighted by atomic mass is 10.1. The van der Waals surface area contributed by atoms with Crippen LogP contribution < -0.4 is 4.90 Å². The lowest BCUT2D eigenvalue weighted by molar-refractivity contribution is 0.600. The molecule has 0 bridgehead atoms. The van der Waals surface area contributed by atoms with Crippen LogP contribution in [0.15, 0.2) is 51.9 Å². The number of hydrogen-bond acceptors (Lipinski definition) is 5. The fraction of sp³-hybridized carbons (Fsp3) is 0.278. The summed E-state index contributed by atoms with van der Waals surface area (Å²) in [5, 5.41) is 1.29. The highest BCUT2D eigenvalue weighted by atomic mass is 79.9. The zero-order chi connectivity index (χ0) is 19.2. The number of anilines is 1. The molecule has 0 aromatic heterocycles. The van der Waals surface area contributed by atoms with Crippen molar-refractivity contribution in [1.29, 1.82) is 0 Å². The van der Waals surface area contributed by atoms with Crippen LogP contribution in [0.2, 0.25) is 5.02 Å². The van der Waals surface area contributed by atoms with Crippen LogP contribution in [0.4, 0.5) is 10.1 Å². The molecule has 9 heteroatoms. The molecule has 0 N–H and O–H groups in total. The van der Waals surface area contributed by atoms with Gasteiger partial charge in [-0.1, -0.05) is 57.5 Å². The Hall–Kier alpha value is -1.09. The number of hydrogen-bond donors (Lipinski definition) is 0. The van der Waals surface area contributed by atoms with E-state index < -0.39 is 15.7 Å². The Morgan fingerprint density at radius 1 is 1.26 bits per heavy atom. The summed E-state index contributed by atoms with van der Waals surface area (Å²) in [4.78, 5) is 6.35. The summed E-state index contributed by atoms with van der Waals surface area (Å²) < 4.78 is 39.4. The molecule has 2 aromatic carbocycles. The average Bonchev–Trinajstić information content (AvgIpc) is 3.06. The average molecular weight is 490 g/mol. The Morgan fingerprint density at radius 2 is 2.04 bits per heavy atom. The second-order valence-electron chi connectivity index (χ2n) is 6.47. The number of rotatable bonds is 3. The van der Waals surface area contributed by atoms with Crippen LogP contribution in [0.1, 0.15) is 5.56 Å². The smallest absolute Gasteiger partial charge is 0.164 e. The van der Waals surface area contributed by atoms with Crippen molar-refractivity contribution in [1.82, 2.24) is 0 Å². The molecule has 142 valence electrons. The van der Waals surface area contributed by atoms with Crippen LogP contribution >= 0.6 is 39.3 Å². The van der Waals surface area contributed by atoms with Crippen molar-refractivity contribution in [2.24, 2.45) is 4.99 Å². The molecule has 0 aliphatic carbocycles. The second-order valence-corrected chi connectivity index (χ2v) is 10.9. The number of thioether (sulfide) groups is 1. The Labute approximate surface area is 174 Å². The Morgan fingerprint density at radius 3 is 2.78 bits per heavy atom. The number of benzene rings is 2. The van der Waals surface area contributed by atoms with Gasteiger partial charge in [0.25, 0.3) is 0 Å². The van der Waals surface area contributed by atoms with Crippen molar-refractivity contribution in [3.05, 3.63) is 63.3 Å². The van der Waals surface area contributed by atoms with E-state index in [1.807, 2.05) is 24.3 Å². The molecule has 0 saturated carbocycles. The minimum atomic E-state index is -3.18. The van der Waals surface area contributed by atoms with Gasteiger partial charge in [0.05, 0.1) is 29.3 Å². The van der Waals surface area contributed by atoms with Gasteiger partial charge in [0.1, 0.15) is 5.82 Å². The fourth-order valence-corrected chi connectivity index (χ4v) is 6.93. The van der Waals surface area contributed by atoms with E-state index in [0.29, 0.717) is 26.1 Å². The van der Waals surface area contributed by atoms with Gasteiger partial charge >= 0.3 is 0 Å². The molecule has 2 aliphatic rings. The molecule has 4 nitrogen and oxygen atoms in total. The predicted octanol–water partition coefficient (Wildman–Crippen LogP) is 4.52. The number of nitrogens with zero attached hydrogens (tertiary/aromatic N) is 2. The SMILES string of the molecule is O=S1(=O)C[C@@H]2[C@@H](C1)N=C(SCc1ccccc1Cl)N2c1ccc(Br)cc1F. The normalized spacial score (nSPS) is 23.4. The van der Waals surface area contributed by atoms with Crippen molar-refractivity contribution in [2.45, 2.75) is 17.8 Å². The Balaban J connectivity index is 1.66.